The lowest BCUT2D eigenvalue weighted by Crippen LogP contribution is -2.43. The van der Waals surface area contributed by atoms with E-state index in [0.29, 0.717) is 10.9 Å². The minimum atomic E-state index is -0.0260. The van der Waals surface area contributed by atoms with E-state index in [1.165, 1.54) is 0 Å². The molecule has 1 heterocycles. The van der Waals surface area contributed by atoms with Crippen LogP contribution in [-0.2, 0) is 0 Å². The van der Waals surface area contributed by atoms with Crippen LogP contribution in [0.15, 0.2) is 24.3 Å². The molecule has 2 amide bonds. The second kappa shape index (κ2) is 5.31. The lowest BCUT2D eigenvalue weighted by atomic mass is 10.3. The maximum Gasteiger partial charge on any atom is 0.321 e. The third kappa shape index (κ3) is 3.30. The van der Waals surface area contributed by atoms with Crippen molar-refractivity contribution < 1.29 is 4.79 Å². The van der Waals surface area contributed by atoms with Crippen LogP contribution in [0.25, 0.3) is 0 Å². The first-order valence-corrected chi connectivity index (χ1v) is 6.73. The summed E-state index contributed by atoms with van der Waals surface area (Å²) < 4.78 is 0. The summed E-state index contributed by atoms with van der Waals surface area (Å²) in [5.74, 6) is 1.01. The Labute approximate surface area is 106 Å². The summed E-state index contributed by atoms with van der Waals surface area (Å²) >= 11 is 1.91. The van der Waals surface area contributed by atoms with Gasteiger partial charge in [-0.1, -0.05) is 6.92 Å². The maximum atomic E-state index is 12.0. The molecule has 92 valence electrons. The summed E-state index contributed by atoms with van der Waals surface area (Å²) in [5, 5.41) is 3.40. The number of carbonyl (C=O) groups is 1. The Morgan fingerprint density at radius 3 is 2.82 bits per heavy atom. The van der Waals surface area contributed by atoms with Crippen molar-refractivity contribution in [2.24, 2.45) is 0 Å². The average molecular weight is 251 g/mol. The van der Waals surface area contributed by atoms with E-state index in [2.05, 4.69) is 12.2 Å². The van der Waals surface area contributed by atoms with Crippen molar-refractivity contribution >= 4 is 29.2 Å². The highest BCUT2D eigenvalue weighted by atomic mass is 32.2. The van der Waals surface area contributed by atoms with Gasteiger partial charge in [0.1, 0.15) is 0 Å². The molecule has 1 fully saturated rings. The van der Waals surface area contributed by atoms with Gasteiger partial charge in [0, 0.05) is 35.5 Å². The molecular weight excluding hydrogens is 234 g/mol. The molecule has 0 radical (unpaired) electrons. The fourth-order valence-corrected chi connectivity index (χ4v) is 2.79. The molecule has 3 N–H and O–H groups in total. The van der Waals surface area contributed by atoms with Crippen LogP contribution in [-0.4, -0.2) is 35.0 Å². The van der Waals surface area contributed by atoms with Gasteiger partial charge in [-0.05, 0) is 24.3 Å². The fourth-order valence-electron chi connectivity index (χ4n) is 1.77. The van der Waals surface area contributed by atoms with Gasteiger partial charge in [-0.15, -0.1) is 0 Å². The first-order chi connectivity index (χ1) is 8.15. The highest BCUT2D eigenvalue weighted by Gasteiger charge is 2.21. The average Bonchev–Trinajstić information content (AvgIpc) is 2.32. The van der Waals surface area contributed by atoms with Crippen molar-refractivity contribution in [1.29, 1.82) is 0 Å². The number of amides is 2. The molecule has 0 aliphatic carbocycles. The van der Waals surface area contributed by atoms with E-state index in [4.69, 9.17) is 5.73 Å². The van der Waals surface area contributed by atoms with Crippen molar-refractivity contribution in [2.45, 2.75) is 12.2 Å². The number of benzene rings is 1. The number of nitrogens with zero attached hydrogens (tertiary/aromatic N) is 1. The van der Waals surface area contributed by atoms with E-state index in [1.54, 1.807) is 12.1 Å². The van der Waals surface area contributed by atoms with Crippen molar-refractivity contribution in [1.82, 2.24) is 4.90 Å². The van der Waals surface area contributed by atoms with Crippen LogP contribution in [0.2, 0.25) is 0 Å². The minimum absolute atomic E-state index is 0.0260. The second-order valence-corrected chi connectivity index (χ2v) is 5.73. The molecule has 1 aromatic carbocycles. The van der Waals surface area contributed by atoms with Gasteiger partial charge in [0.15, 0.2) is 0 Å². The van der Waals surface area contributed by atoms with Gasteiger partial charge in [0.05, 0.1) is 0 Å². The Bertz CT molecular complexity index is 393. The number of nitrogens with two attached hydrogens (primary N) is 1. The highest BCUT2D eigenvalue weighted by Crippen LogP contribution is 2.19. The molecule has 0 bridgehead atoms. The predicted molar refractivity (Wildman–Crippen MR) is 73.4 cm³/mol. The second-order valence-electron chi connectivity index (χ2n) is 4.18. The number of anilines is 2. The fraction of sp³-hybridized carbons (Fsp3) is 0.417. The van der Waals surface area contributed by atoms with Gasteiger partial charge < -0.3 is 16.0 Å². The molecule has 2 rings (SSSR count). The molecule has 1 unspecified atom stereocenters. The molecule has 1 aromatic rings. The van der Waals surface area contributed by atoms with Gasteiger partial charge in [0.2, 0.25) is 0 Å². The van der Waals surface area contributed by atoms with E-state index in [-0.39, 0.29) is 6.03 Å². The number of hydrogen-bond acceptors (Lipinski definition) is 3. The van der Waals surface area contributed by atoms with Crippen LogP contribution in [0.3, 0.4) is 0 Å². The Balaban J connectivity index is 1.94. The number of carbonyl (C=O) groups excluding carboxylic acids is 1. The largest absolute Gasteiger partial charge is 0.399 e. The van der Waals surface area contributed by atoms with Crippen molar-refractivity contribution in [2.75, 3.05) is 29.9 Å². The topological polar surface area (TPSA) is 58.4 Å². The Hall–Kier alpha value is -1.36. The number of urea groups is 1. The van der Waals surface area contributed by atoms with Gasteiger partial charge >= 0.3 is 6.03 Å². The Morgan fingerprint density at radius 2 is 2.18 bits per heavy atom. The molecule has 4 nitrogen and oxygen atoms in total. The van der Waals surface area contributed by atoms with Crippen LogP contribution < -0.4 is 11.1 Å². The van der Waals surface area contributed by atoms with Crippen LogP contribution in [0.1, 0.15) is 6.92 Å². The van der Waals surface area contributed by atoms with Gasteiger partial charge in [-0.3, -0.25) is 0 Å². The lowest BCUT2D eigenvalue weighted by molar-refractivity contribution is 0.214. The monoisotopic (exact) mass is 251 g/mol. The molecule has 1 atom stereocenters. The van der Waals surface area contributed by atoms with Crippen LogP contribution in [0.4, 0.5) is 16.2 Å². The quantitative estimate of drug-likeness (QED) is 0.753. The molecule has 1 aliphatic rings. The lowest BCUT2D eigenvalue weighted by Gasteiger charge is -2.30. The molecule has 0 aromatic heterocycles. The zero-order valence-corrected chi connectivity index (χ0v) is 10.7. The van der Waals surface area contributed by atoms with E-state index in [9.17, 15) is 4.79 Å². The van der Waals surface area contributed by atoms with Crippen LogP contribution in [0.5, 0.6) is 0 Å². The third-order valence-electron chi connectivity index (χ3n) is 2.69. The summed E-state index contributed by atoms with van der Waals surface area (Å²) in [6, 6.07) is 7.17. The smallest absolute Gasteiger partial charge is 0.321 e. The molecule has 1 aliphatic heterocycles. The molecule has 5 heteroatoms. The van der Waals surface area contributed by atoms with Crippen LogP contribution >= 0.6 is 11.8 Å². The summed E-state index contributed by atoms with van der Waals surface area (Å²) in [6.45, 7) is 3.77. The number of nitrogen functional groups attached to an aromatic ring is 1. The first-order valence-electron chi connectivity index (χ1n) is 5.68. The van der Waals surface area contributed by atoms with E-state index in [1.807, 2.05) is 28.8 Å². The van der Waals surface area contributed by atoms with Crippen molar-refractivity contribution in [3.8, 4) is 0 Å². The Kier molecular flexibility index (Phi) is 3.78. The SMILES string of the molecule is CC1CN(C(=O)Nc2ccc(N)cc2)CCS1. The normalized spacial score (nSPS) is 20.1. The summed E-state index contributed by atoms with van der Waals surface area (Å²) in [5.41, 5.74) is 7.08. The number of rotatable bonds is 1. The molecular formula is C12H17N3OS. The molecule has 1 saturated heterocycles. The standard InChI is InChI=1S/C12H17N3OS/c1-9-8-15(6-7-17-9)12(16)14-11-4-2-10(13)3-5-11/h2-5,9H,6-8,13H2,1H3,(H,14,16). The van der Waals surface area contributed by atoms with Crippen molar-refractivity contribution in [3.05, 3.63) is 24.3 Å². The van der Waals surface area contributed by atoms with Gasteiger partial charge in [0.25, 0.3) is 0 Å². The van der Waals surface area contributed by atoms with E-state index < -0.39 is 0 Å². The van der Waals surface area contributed by atoms with E-state index >= 15 is 0 Å². The van der Waals surface area contributed by atoms with Gasteiger partial charge in [-0.2, -0.15) is 11.8 Å². The summed E-state index contributed by atoms with van der Waals surface area (Å²) in [6.07, 6.45) is 0. The highest BCUT2D eigenvalue weighted by molar-refractivity contribution is 7.99. The Morgan fingerprint density at radius 1 is 1.47 bits per heavy atom. The minimum Gasteiger partial charge on any atom is -0.399 e. The summed E-state index contributed by atoms with van der Waals surface area (Å²) in [7, 11) is 0. The molecule has 0 spiro atoms. The summed E-state index contributed by atoms with van der Waals surface area (Å²) in [4.78, 5) is 13.8. The van der Waals surface area contributed by atoms with E-state index in [0.717, 1.165) is 24.5 Å². The number of nitrogens with one attached hydrogen (secondary N) is 1. The van der Waals surface area contributed by atoms with Crippen LogP contribution in [0, 0.1) is 0 Å². The third-order valence-corrected chi connectivity index (χ3v) is 3.83. The number of hydrogen-bond donors (Lipinski definition) is 2. The zero-order valence-electron chi connectivity index (χ0n) is 9.85. The number of thioether (sulfide) groups is 1. The van der Waals surface area contributed by atoms with Crippen molar-refractivity contribution in [3.63, 3.8) is 0 Å². The first kappa shape index (κ1) is 12.1. The van der Waals surface area contributed by atoms with Gasteiger partial charge in [-0.25, -0.2) is 4.79 Å². The zero-order chi connectivity index (χ0) is 12.3. The predicted octanol–water partition coefficient (Wildman–Crippen LogP) is 2.24. The maximum absolute atomic E-state index is 12.0. The molecule has 0 saturated carbocycles. The molecule has 17 heavy (non-hydrogen) atoms.